The van der Waals surface area contributed by atoms with Crippen LogP contribution in [0.15, 0.2) is 35.7 Å². The Kier molecular flexibility index (Phi) is 3.02. The van der Waals surface area contributed by atoms with E-state index in [2.05, 4.69) is 36.0 Å². The molecule has 0 aromatic carbocycles. The van der Waals surface area contributed by atoms with Gasteiger partial charge in [0.15, 0.2) is 21.9 Å². The van der Waals surface area contributed by atoms with Gasteiger partial charge in [-0.1, -0.05) is 11.6 Å². The summed E-state index contributed by atoms with van der Waals surface area (Å²) in [6.07, 6.45) is 8.21. The van der Waals surface area contributed by atoms with Crippen molar-refractivity contribution in [1.29, 1.82) is 0 Å². The normalized spacial score (nSPS) is 11.4. The maximum Gasteiger partial charge on any atom is 0.180 e. The Balaban J connectivity index is 1.85. The van der Waals surface area contributed by atoms with Crippen LogP contribution in [-0.2, 0) is 7.05 Å². The highest BCUT2D eigenvalue weighted by molar-refractivity contribution is 9.10. The summed E-state index contributed by atoms with van der Waals surface area (Å²) in [5, 5.41) is 4.63. The Morgan fingerprint density at radius 2 is 2.09 bits per heavy atom. The van der Waals surface area contributed by atoms with Crippen LogP contribution in [-0.4, -0.2) is 29.1 Å². The summed E-state index contributed by atoms with van der Waals surface area (Å²) in [5.74, 6) is 0.987. The number of nitrogens with zero attached hydrogens (tertiary/aromatic N) is 6. The zero-order valence-corrected chi connectivity index (χ0v) is 13.6. The second-order valence-electron chi connectivity index (χ2n) is 4.57. The fourth-order valence-electron chi connectivity index (χ4n) is 2.17. The standard InChI is InChI=1S/C13H8BrClN6O/c1-20-11-10(15)9(5-17-12(11)19-13(20)14)22-8-6-18-21-3-2-16-4-7(8)21/h2-6H,1H3. The third kappa shape index (κ3) is 1.95. The molecule has 22 heavy (non-hydrogen) atoms. The van der Waals surface area contributed by atoms with E-state index in [1.165, 1.54) is 0 Å². The lowest BCUT2D eigenvalue weighted by Crippen LogP contribution is -1.92. The Hall–Kier alpha value is -2.19. The number of halogens is 2. The molecule has 0 amide bonds. The third-order valence-electron chi connectivity index (χ3n) is 3.26. The second kappa shape index (κ2) is 4.92. The van der Waals surface area contributed by atoms with Crippen LogP contribution in [0.3, 0.4) is 0 Å². The minimum atomic E-state index is 0.434. The van der Waals surface area contributed by atoms with Gasteiger partial charge in [-0.25, -0.2) is 14.5 Å². The second-order valence-corrected chi connectivity index (χ2v) is 5.65. The van der Waals surface area contributed by atoms with Crippen LogP contribution < -0.4 is 4.74 Å². The highest BCUT2D eigenvalue weighted by Gasteiger charge is 2.16. The maximum absolute atomic E-state index is 6.44. The van der Waals surface area contributed by atoms with Gasteiger partial charge in [-0.3, -0.25) is 4.98 Å². The molecule has 4 rings (SSSR count). The van der Waals surface area contributed by atoms with E-state index in [-0.39, 0.29) is 0 Å². The highest BCUT2D eigenvalue weighted by atomic mass is 79.9. The molecule has 4 aromatic rings. The van der Waals surface area contributed by atoms with Crippen molar-refractivity contribution >= 4 is 44.2 Å². The van der Waals surface area contributed by atoms with Crippen LogP contribution in [0, 0.1) is 0 Å². The van der Waals surface area contributed by atoms with Crippen LogP contribution in [0.2, 0.25) is 5.02 Å². The molecule has 0 aliphatic heterocycles. The Labute approximate surface area is 137 Å². The molecule has 110 valence electrons. The van der Waals surface area contributed by atoms with Gasteiger partial charge in [-0.2, -0.15) is 5.10 Å². The topological polar surface area (TPSA) is 70.1 Å². The first-order valence-electron chi connectivity index (χ1n) is 6.27. The zero-order valence-electron chi connectivity index (χ0n) is 11.2. The number of pyridine rings is 1. The largest absolute Gasteiger partial charge is 0.450 e. The summed E-state index contributed by atoms with van der Waals surface area (Å²) in [4.78, 5) is 12.6. The van der Waals surface area contributed by atoms with Crippen molar-refractivity contribution < 1.29 is 4.74 Å². The molecule has 0 aliphatic carbocycles. The van der Waals surface area contributed by atoms with Gasteiger partial charge in [0.2, 0.25) is 0 Å². The fourth-order valence-corrected chi connectivity index (χ4v) is 2.81. The third-order valence-corrected chi connectivity index (χ3v) is 4.33. The molecule has 0 spiro atoms. The Morgan fingerprint density at radius 1 is 1.23 bits per heavy atom. The summed E-state index contributed by atoms with van der Waals surface area (Å²) in [6, 6.07) is 0. The van der Waals surface area contributed by atoms with Crippen molar-refractivity contribution in [3.63, 3.8) is 0 Å². The number of imidazole rings is 1. The van der Waals surface area contributed by atoms with Crippen LogP contribution in [0.1, 0.15) is 0 Å². The van der Waals surface area contributed by atoms with E-state index in [0.29, 0.717) is 32.4 Å². The predicted octanol–water partition coefficient (Wildman–Crippen LogP) is 3.22. The van der Waals surface area contributed by atoms with E-state index < -0.39 is 0 Å². The van der Waals surface area contributed by atoms with E-state index in [1.807, 2.05) is 7.05 Å². The fraction of sp³-hybridized carbons (Fsp3) is 0.0769. The van der Waals surface area contributed by atoms with Crippen molar-refractivity contribution in [3.8, 4) is 11.5 Å². The minimum absolute atomic E-state index is 0.434. The first-order chi connectivity index (χ1) is 10.6. The summed E-state index contributed by atoms with van der Waals surface area (Å²) in [7, 11) is 1.84. The minimum Gasteiger partial charge on any atom is -0.450 e. The number of aromatic nitrogens is 6. The lowest BCUT2D eigenvalue weighted by atomic mass is 10.4. The smallest absolute Gasteiger partial charge is 0.180 e. The average Bonchev–Trinajstić information content (AvgIpc) is 3.05. The van der Waals surface area contributed by atoms with Gasteiger partial charge >= 0.3 is 0 Å². The SMILES string of the molecule is Cn1c(Br)nc2ncc(Oc3cnn4ccncc34)c(Cl)c21. The Morgan fingerprint density at radius 3 is 2.95 bits per heavy atom. The molecule has 0 bridgehead atoms. The van der Waals surface area contributed by atoms with E-state index >= 15 is 0 Å². The van der Waals surface area contributed by atoms with Crippen molar-refractivity contribution in [2.75, 3.05) is 0 Å². The van der Waals surface area contributed by atoms with Crippen LogP contribution in [0.25, 0.3) is 16.7 Å². The molecule has 0 aliphatic rings. The Bertz CT molecular complexity index is 1010. The molecular formula is C13H8BrClN6O. The lowest BCUT2D eigenvalue weighted by molar-refractivity contribution is 0.486. The van der Waals surface area contributed by atoms with Crippen molar-refractivity contribution in [1.82, 2.24) is 29.1 Å². The van der Waals surface area contributed by atoms with Crippen molar-refractivity contribution in [2.45, 2.75) is 0 Å². The molecule has 0 N–H and O–H groups in total. The molecule has 0 unspecified atom stereocenters. The first-order valence-corrected chi connectivity index (χ1v) is 7.44. The number of hydrogen-bond acceptors (Lipinski definition) is 5. The monoisotopic (exact) mass is 378 g/mol. The molecule has 0 radical (unpaired) electrons. The number of hydrogen-bond donors (Lipinski definition) is 0. The molecule has 9 heteroatoms. The van der Waals surface area contributed by atoms with E-state index in [1.54, 1.807) is 40.1 Å². The molecule has 0 saturated heterocycles. The lowest BCUT2D eigenvalue weighted by Gasteiger charge is -2.07. The van der Waals surface area contributed by atoms with Gasteiger partial charge in [0.1, 0.15) is 16.1 Å². The summed E-state index contributed by atoms with van der Waals surface area (Å²) in [5.41, 5.74) is 1.98. The van der Waals surface area contributed by atoms with E-state index in [0.717, 1.165) is 5.52 Å². The maximum atomic E-state index is 6.44. The summed E-state index contributed by atoms with van der Waals surface area (Å²) >= 11 is 9.79. The molecule has 7 nitrogen and oxygen atoms in total. The number of ether oxygens (including phenoxy) is 1. The van der Waals surface area contributed by atoms with Crippen LogP contribution >= 0.6 is 27.5 Å². The molecule has 0 atom stereocenters. The summed E-state index contributed by atoms with van der Waals surface area (Å²) in [6.45, 7) is 0. The molecule has 4 aromatic heterocycles. The van der Waals surface area contributed by atoms with Crippen LogP contribution in [0.5, 0.6) is 11.5 Å². The van der Waals surface area contributed by atoms with Gasteiger partial charge in [0.25, 0.3) is 0 Å². The van der Waals surface area contributed by atoms with E-state index in [4.69, 9.17) is 16.3 Å². The molecular weight excluding hydrogens is 372 g/mol. The van der Waals surface area contributed by atoms with Gasteiger partial charge in [0, 0.05) is 19.4 Å². The van der Waals surface area contributed by atoms with Gasteiger partial charge in [0.05, 0.1) is 18.6 Å². The van der Waals surface area contributed by atoms with Gasteiger partial charge in [-0.15, -0.1) is 0 Å². The quantitative estimate of drug-likeness (QED) is 0.535. The highest BCUT2D eigenvalue weighted by Crippen LogP contribution is 2.36. The van der Waals surface area contributed by atoms with Crippen molar-refractivity contribution in [2.24, 2.45) is 7.05 Å². The molecule has 0 saturated carbocycles. The van der Waals surface area contributed by atoms with Gasteiger partial charge in [-0.05, 0) is 15.9 Å². The van der Waals surface area contributed by atoms with Crippen molar-refractivity contribution in [3.05, 3.63) is 40.7 Å². The molecule has 0 fully saturated rings. The zero-order chi connectivity index (χ0) is 15.3. The average molecular weight is 380 g/mol. The number of aryl methyl sites for hydroxylation is 1. The number of rotatable bonds is 2. The van der Waals surface area contributed by atoms with Crippen LogP contribution in [0.4, 0.5) is 0 Å². The molecule has 4 heterocycles. The van der Waals surface area contributed by atoms with E-state index in [9.17, 15) is 0 Å². The number of fused-ring (bicyclic) bond motifs is 2. The summed E-state index contributed by atoms with van der Waals surface area (Å²) < 4.78 is 9.98. The first kappa shape index (κ1) is 13.5. The van der Waals surface area contributed by atoms with Gasteiger partial charge < -0.3 is 9.30 Å². The predicted molar refractivity (Wildman–Crippen MR) is 84.3 cm³/mol.